The molecule has 1 N–H and O–H groups in total. The van der Waals surface area contributed by atoms with Crippen LogP contribution in [0.2, 0.25) is 0 Å². The largest absolute Gasteiger partial charge is 0.344 e. The van der Waals surface area contributed by atoms with Crippen molar-refractivity contribution >= 4 is 11.7 Å². The first-order chi connectivity index (χ1) is 12.6. The number of amides is 1. The van der Waals surface area contributed by atoms with E-state index >= 15 is 0 Å². The lowest BCUT2D eigenvalue weighted by Gasteiger charge is -2.31. The van der Waals surface area contributed by atoms with Crippen LogP contribution in [0.3, 0.4) is 0 Å². The molecular formula is C20H25N5O. The molecule has 0 spiro atoms. The number of hydrogen-bond acceptors (Lipinski definition) is 5. The number of likely N-dealkylation sites (tertiary alicyclic amines) is 1. The van der Waals surface area contributed by atoms with E-state index in [9.17, 15) is 4.79 Å². The minimum atomic E-state index is 0.107. The van der Waals surface area contributed by atoms with E-state index in [0.717, 1.165) is 54.4 Å². The quantitative estimate of drug-likeness (QED) is 0.891. The van der Waals surface area contributed by atoms with E-state index in [4.69, 9.17) is 9.97 Å². The Morgan fingerprint density at radius 2 is 2.27 bits per heavy atom. The van der Waals surface area contributed by atoms with E-state index in [2.05, 4.69) is 16.9 Å². The van der Waals surface area contributed by atoms with Crippen molar-refractivity contribution in [3.63, 3.8) is 0 Å². The number of anilines is 1. The summed E-state index contributed by atoms with van der Waals surface area (Å²) >= 11 is 0. The van der Waals surface area contributed by atoms with Crippen molar-refractivity contribution in [2.24, 2.45) is 0 Å². The normalized spacial score (nSPS) is 17.0. The molecule has 6 heteroatoms. The zero-order chi connectivity index (χ0) is 18.5. The van der Waals surface area contributed by atoms with Crippen molar-refractivity contribution in [1.82, 2.24) is 19.9 Å². The molecule has 0 saturated carbocycles. The monoisotopic (exact) mass is 351 g/mol. The van der Waals surface area contributed by atoms with Crippen LogP contribution in [0.15, 0.2) is 42.9 Å². The van der Waals surface area contributed by atoms with Crippen LogP contribution in [0.5, 0.6) is 0 Å². The van der Waals surface area contributed by atoms with Gasteiger partial charge in [-0.2, -0.15) is 0 Å². The van der Waals surface area contributed by atoms with Crippen LogP contribution in [-0.4, -0.2) is 38.8 Å². The van der Waals surface area contributed by atoms with Crippen molar-refractivity contribution in [1.29, 1.82) is 0 Å². The lowest BCUT2D eigenvalue weighted by atomic mass is 9.97. The highest BCUT2D eigenvalue weighted by Crippen LogP contribution is 2.28. The summed E-state index contributed by atoms with van der Waals surface area (Å²) in [4.78, 5) is 27.4. The first-order valence-electron chi connectivity index (χ1n) is 9.06. The SMILES string of the molecule is C=C(CC)Nc1cc(-c2cccnc2)nc(C2CCCN(C(C)=O)C2)n1. The average Bonchev–Trinajstić information content (AvgIpc) is 2.68. The van der Waals surface area contributed by atoms with Crippen LogP contribution in [0.4, 0.5) is 5.82 Å². The van der Waals surface area contributed by atoms with Crippen molar-refractivity contribution < 1.29 is 4.79 Å². The Labute approximate surface area is 154 Å². The standard InChI is InChI=1S/C20H25N5O/c1-4-14(2)22-19-11-18(16-7-5-9-21-12-16)23-20(24-19)17-8-6-10-25(13-17)15(3)26/h5,7,9,11-12,17H,2,4,6,8,10,13H2,1,3H3,(H,22,23,24). The van der Waals surface area contributed by atoms with Gasteiger partial charge < -0.3 is 10.2 Å². The first-order valence-corrected chi connectivity index (χ1v) is 9.06. The third-order valence-electron chi connectivity index (χ3n) is 4.66. The second kappa shape index (κ2) is 8.08. The predicted molar refractivity (Wildman–Crippen MR) is 103 cm³/mol. The van der Waals surface area contributed by atoms with Gasteiger partial charge in [-0.3, -0.25) is 9.78 Å². The maximum Gasteiger partial charge on any atom is 0.219 e. The van der Waals surface area contributed by atoms with Gasteiger partial charge in [0.05, 0.1) is 5.69 Å². The van der Waals surface area contributed by atoms with E-state index < -0.39 is 0 Å². The second-order valence-corrected chi connectivity index (χ2v) is 6.62. The van der Waals surface area contributed by atoms with Crippen LogP contribution in [-0.2, 0) is 4.79 Å². The molecule has 1 fully saturated rings. The number of pyridine rings is 1. The summed E-state index contributed by atoms with van der Waals surface area (Å²) in [6.07, 6.45) is 6.32. The van der Waals surface area contributed by atoms with Gasteiger partial charge in [0.15, 0.2) is 0 Å². The van der Waals surface area contributed by atoms with Gasteiger partial charge in [-0.05, 0) is 31.4 Å². The zero-order valence-corrected chi connectivity index (χ0v) is 15.4. The number of hydrogen-bond donors (Lipinski definition) is 1. The molecule has 2 aromatic rings. The van der Waals surface area contributed by atoms with Gasteiger partial charge in [0, 0.05) is 55.7 Å². The number of allylic oxidation sites excluding steroid dienone is 1. The molecule has 0 aliphatic carbocycles. The van der Waals surface area contributed by atoms with E-state index in [1.165, 1.54) is 0 Å². The molecule has 1 amide bonds. The lowest BCUT2D eigenvalue weighted by Crippen LogP contribution is -2.38. The Morgan fingerprint density at radius 3 is 2.96 bits per heavy atom. The molecule has 2 aromatic heterocycles. The minimum absolute atomic E-state index is 0.107. The van der Waals surface area contributed by atoms with Crippen molar-refractivity contribution in [3.05, 3.63) is 48.7 Å². The molecule has 3 heterocycles. The Balaban J connectivity index is 1.96. The summed E-state index contributed by atoms with van der Waals surface area (Å²) in [7, 11) is 0. The molecule has 0 aromatic carbocycles. The van der Waals surface area contributed by atoms with Gasteiger partial charge in [0.1, 0.15) is 11.6 Å². The average molecular weight is 351 g/mol. The van der Waals surface area contributed by atoms with E-state index in [1.807, 2.05) is 30.0 Å². The molecule has 6 nitrogen and oxygen atoms in total. The maximum atomic E-state index is 11.8. The molecule has 1 saturated heterocycles. The highest BCUT2D eigenvalue weighted by Gasteiger charge is 2.25. The molecule has 26 heavy (non-hydrogen) atoms. The van der Waals surface area contributed by atoms with Gasteiger partial charge in [-0.15, -0.1) is 0 Å². The van der Waals surface area contributed by atoms with E-state index in [-0.39, 0.29) is 11.8 Å². The van der Waals surface area contributed by atoms with Gasteiger partial charge in [0.25, 0.3) is 0 Å². The zero-order valence-electron chi connectivity index (χ0n) is 15.4. The molecule has 136 valence electrons. The first kappa shape index (κ1) is 18.0. The summed E-state index contributed by atoms with van der Waals surface area (Å²) in [5.74, 6) is 1.75. The van der Waals surface area contributed by atoms with Gasteiger partial charge in [0.2, 0.25) is 5.91 Å². The van der Waals surface area contributed by atoms with Crippen molar-refractivity contribution in [2.45, 2.75) is 39.0 Å². The molecule has 1 aliphatic rings. The Kier molecular flexibility index (Phi) is 5.61. The van der Waals surface area contributed by atoms with E-state index in [1.54, 1.807) is 19.3 Å². The lowest BCUT2D eigenvalue weighted by molar-refractivity contribution is -0.130. The Bertz CT molecular complexity index is 790. The van der Waals surface area contributed by atoms with Crippen LogP contribution in [0, 0.1) is 0 Å². The number of nitrogens with one attached hydrogen (secondary N) is 1. The van der Waals surface area contributed by atoms with Crippen molar-refractivity contribution in [3.8, 4) is 11.3 Å². The van der Waals surface area contributed by atoms with Crippen LogP contribution in [0.1, 0.15) is 44.9 Å². The van der Waals surface area contributed by atoms with Crippen LogP contribution in [0.25, 0.3) is 11.3 Å². The highest BCUT2D eigenvalue weighted by molar-refractivity contribution is 5.73. The summed E-state index contributed by atoms with van der Waals surface area (Å²) in [5, 5.41) is 3.27. The molecule has 1 atom stereocenters. The minimum Gasteiger partial charge on any atom is -0.344 e. The molecule has 0 radical (unpaired) electrons. The van der Waals surface area contributed by atoms with Gasteiger partial charge >= 0.3 is 0 Å². The smallest absolute Gasteiger partial charge is 0.219 e. The molecule has 1 unspecified atom stereocenters. The van der Waals surface area contributed by atoms with Gasteiger partial charge in [-0.25, -0.2) is 9.97 Å². The fourth-order valence-electron chi connectivity index (χ4n) is 3.12. The van der Waals surface area contributed by atoms with Crippen LogP contribution >= 0.6 is 0 Å². The summed E-state index contributed by atoms with van der Waals surface area (Å²) in [6, 6.07) is 5.81. The summed E-state index contributed by atoms with van der Waals surface area (Å²) in [6.45, 7) is 9.16. The molecule has 3 rings (SSSR count). The number of carbonyl (C=O) groups is 1. The summed E-state index contributed by atoms with van der Waals surface area (Å²) in [5.41, 5.74) is 2.68. The third-order valence-corrected chi connectivity index (χ3v) is 4.66. The van der Waals surface area contributed by atoms with Gasteiger partial charge in [-0.1, -0.05) is 13.5 Å². The van der Waals surface area contributed by atoms with Crippen LogP contribution < -0.4 is 5.32 Å². The highest BCUT2D eigenvalue weighted by atomic mass is 16.2. The Morgan fingerprint density at radius 1 is 1.42 bits per heavy atom. The predicted octanol–water partition coefficient (Wildman–Crippen LogP) is 3.60. The number of rotatable bonds is 5. The summed E-state index contributed by atoms with van der Waals surface area (Å²) < 4.78 is 0. The number of carbonyl (C=O) groups excluding carboxylic acids is 1. The fraction of sp³-hybridized carbons (Fsp3) is 0.400. The Hall–Kier alpha value is -2.76. The number of piperidine rings is 1. The third kappa shape index (κ3) is 4.25. The number of aromatic nitrogens is 3. The maximum absolute atomic E-state index is 11.8. The molecule has 0 bridgehead atoms. The second-order valence-electron chi connectivity index (χ2n) is 6.62. The van der Waals surface area contributed by atoms with E-state index in [0.29, 0.717) is 6.54 Å². The van der Waals surface area contributed by atoms with Crippen molar-refractivity contribution in [2.75, 3.05) is 18.4 Å². The topological polar surface area (TPSA) is 71.0 Å². The molecular weight excluding hydrogens is 326 g/mol. The fourth-order valence-corrected chi connectivity index (χ4v) is 3.12. The molecule has 1 aliphatic heterocycles. The number of nitrogens with zero attached hydrogens (tertiary/aromatic N) is 4.